The molecule has 3 amide bonds. The van der Waals surface area contributed by atoms with Gasteiger partial charge in [-0.25, -0.2) is 0 Å². The molecule has 38 heavy (non-hydrogen) atoms. The Hall–Kier alpha value is -3.65. The topological polar surface area (TPSA) is 97.0 Å². The van der Waals surface area contributed by atoms with Crippen LogP contribution in [0.25, 0.3) is 0 Å². The number of nitrogens with one attached hydrogen (secondary N) is 2. The molecule has 2 aromatic rings. The third-order valence-electron chi connectivity index (χ3n) is 7.67. The molecule has 0 saturated carbocycles. The van der Waals surface area contributed by atoms with E-state index in [9.17, 15) is 14.4 Å². The number of methoxy groups -OCH3 is 1. The maximum absolute atomic E-state index is 14.1. The van der Waals surface area contributed by atoms with Crippen molar-refractivity contribution in [2.45, 2.75) is 56.9 Å². The van der Waals surface area contributed by atoms with Gasteiger partial charge in [-0.05, 0) is 63.9 Å². The van der Waals surface area contributed by atoms with E-state index in [1.807, 2.05) is 82.3 Å². The van der Waals surface area contributed by atoms with E-state index in [-0.39, 0.29) is 17.7 Å². The summed E-state index contributed by atoms with van der Waals surface area (Å²) in [5.41, 5.74) is -1.08. The summed E-state index contributed by atoms with van der Waals surface area (Å²) in [5.74, 6) is -1.67. The number of ether oxygens (including phenoxy) is 2. The van der Waals surface area contributed by atoms with Crippen molar-refractivity contribution in [3.05, 3.63) is 72.3 Å². The van der Waals surface area contributed by atoms with E-state index in [2.05, 4.69) is 10.6 Å². The van der Waals surface area contributed by atoms with Gasteiger partial charge >= 0.3 is 0 Å². The first-order valence-electron chi connectivity index (χ1n) is 13.0. The van der Waals surface area contributed by atoms with Crippen LogP contribution in [0.1, 0.15) is 33.3 Å². The van der Waals surface area contributed by atoms with E-state index >= 15 is 0 Å². The van der Waals surface area contributed by atoms with E-state index in [4.69, 9.17) is 9.47 Å². The molecule has 0 unspecified atom stereocenters. The molecule has 2 N–H and O–H groups in total. The molecule has 5 rings (SSSR count). The number of carbonyl (C=O) groups is 3. The zero-order valence-electron chi connectivity index (χ0n) is 22.5. The molecule has 0 radical (unpaired) electrons. The lowest BCUT2D eigenvalue weighted by molar-refractivity contribution is -0.144. The molecule has 0 aromatic heterocycles. The van der Waals surface area contributed by atoms with Crippen molar-refractivity contribution in [3.8, 4) is 5.75 Å². The number of likely N-dealkylation sites (tertiary alicyclic amines) is 1. The second-order valence-corrected chi connectivity index (χ2v) is 11.6. The number of amides is 3. The van der Waals surface area contributed by atoms with Gasteiger partial charge in [0.05, 0.1) is 24.5 Å². The normalized spacial score (nSPS) is 29.3. The summed E-state index contributed by atoms with van der Waals surface area (Å²) < 4.78 is 11.8. The van der Waals surface area contributed by atoms with Crippen molar-refractivity contribution in [1.82, 2.24) is 10.2 Å². The number of anilines is 1. The summed E-state index contributed by atoms with van der Waals surface area (Å²) in [6, 6.07) is 15.9. The smallest absolute Gasteiger partial charge is 0.246 e. The van der Waals surface area contributed by atoms with Gasteiger partial charge in [0.15, 0.2) is 0 Å². The van der Waals surface area contributed by atoms with Gasteiger partial charge in [-0.1, -0.05) is 42.5 Å². The molecule has 3 heterocycles. The maximum Gasteiger partial charge on any atom is 0.246 e. The van der Waals surface area contributed by atoms with Crippen LogP contribution < -0.4 is 15.4 Å². The Morgan fingerprint density at radius 3 is 2.34 bits per heavy atom. The Bertz CT molecular complexity index is 1270. The monoisotopic (exact) mass is 517 g/mol. The number of hydrogen-bond acceptors (Lipinski definition) is 5. The summed E-state index contributed by atoms with van der Waals surface area (Å²) >= 11 is 0. The number of benzene rings is 2. The van der Waals surface area contributed by atoms with Crippen molar-refractivity contribution in [2.24, 2.45) is 11.8 Å². The molecular weight excluding hydrogens is 482 g/mol. The SMILES string of the molecule is COc1ccc(CCN2C(=O)[C@@H]3[C@H](C(=O)Nc4ccccc4)[C@]4(C)C=C[C@@]3(O4)[C@H]2C(=O)NC(C)(C)C)cc1. The molecule has 8 nitrogen and oxygen atoms in total. The second-order valence-electron chi connectivity index (χ2n) is 11.6. The van der Waals surface area contributed by atoms with Crippen molar-refractivity contribution in [2.75, 3.05) is 19.0 Å². The lowest BCUT2D eigenvalue weighted by Gasteiger charge is -2.35. The molecule has 1 spiro atoms. The minimum atomic E-state index is -1.22. The van der Waals surface area contributed by atoms with Gasteiger partial charge in [0.1, 0.15) is 17.4 Å². The highest BCUT2D eigenvalue weighted by atomic mass is 16.5. The average Bonchev–Trinajstić information content (AvgIpc) is 3.43. The van der Waals surface area contributed by atoms with Gasteiger partial charge in [-0.3, -0.25) is 14.4 Å². The molecule has 2 aromatic carbocycles. The summed E-state index contributed by atoms with van der Waals surface area (Å²) in [7, 11) is 1.61. The molecule has 0 aliphatic carbocycles. The molecule has 3 aliphatic rings. The van der Waals surface area contributed by atoms with Crippen LogP contribution in [-0.2, 0) is 25.5 Å². The predicted octanol–water partition coefficient (Wildman–Crippen LogP) is 3.33. The number of fused-ring (bicyclic) bond motifs is 1. The molecular formula is C30H35N3O5. The highest BCUT2D eigenvalue weighted by Crippen LogP contribution is 2.59. The Kier molecular flexibility index (Phi) is 6.34. The summed E-state index contributed by atoms with van der Waals surface area (Å²) in [6.45, 7) is 7.84. The molecule has 2 fully saturated rings. The molecule has 3 aliphatic heterocycles. The van der Waals surface area contributed by atoms with Crippen molar-refractivity contribution >= 4 is 23.4 Å². The molecule has 200 valence electrons. The Morgan fingerprint density at radius 1 is 1.03 bits per heavy atom. The van der Waals surface area contributed by atoms with Crippen LogP contribution in [0.3, 0.4) is 0 Å². The Morgan fingerprint density at radius 2 is 1.71 bits per heavy atom. The van der Waals surface area contributed by atoms with Crippen LogP contribution in [0.5, 0.6) is 5.75 Å². The van der Waals surface area contributed by atoms with E-state index < -0.39 is 34.6 Å². The highest BCUT2D eigenvalue weighted by molar-refractivity contribution is 6.03. The van der Waals surface area contributed by atoms with Crippen LogP contribution in [0.2, 0.25) is 0 Å². The fourth-order valence-corrected chi connectivity index (χ4v) is 6.09. The lowest BCUT2D eigenvalue weighted by Crippen LogP contribution is -2.58. The number of rotatable bonds is 7. The standard InChI is InChI=1S/C30H35N3O5/c1-28(2,3)32-26(35)24-30-17-16-29(4,38-30)22(25(34)31-20-9-7-6-8-10-20)23(30)27(36)33(24)18-15-19-11-13-21(37-5)14-12-19/h6-14,16-17,22-24H,15,18H2,1-5H3,(H,31,34)(H,32,35)/t22-,23+,24-,29+,30+/m1/s1. The van der Waals surface area contributed by atoms with Crippen molar-refractivity contribution < 1.29 is 23.9 Å². The minimum Gasteiger partial charge on any atom is -0.497 e. The highest BCUT2D eigenvalue weighted by Gasteiger charge is 2.76. The lowest BCUT2D eigenvalue weighted by atomic mass is 9.70. The fraction of sp³-hybridized carbons (Fsp3) is 0.433. The minimum absolute atomic E-state index is 0.242. The molecule has 5 atom stereocenters. The number of nitrogens with zero attached hydrogens (tertiary/aromatic N) is 1. The van der Waals surface area contributed by atoms with E-state index in [1.165, 1.54) is 0 Å². The first kappa shape index (κ1) is 26.0. The predicted molar refractivity (Wildman–Crippen MR) is 144 cm³/mol. The fourth-order valence-electron chi connectivity index (χ4n) is 6.09. The van der Waals surface area contributed by atoms with Crippen LogP contribution in [0.4, 0.5) is 5.69 Å². The second kappa shape index (κ2) is 9.27. The largest absolute Gasteiger partial charge is 0.497 e. The van der Waals surface area contributed by atoms with Crippen LogP contribution in [0.15, 0.2) is 66.7 Å². The Labute approximate surface area is 223 Å². The number of carbonyl (C=O) groups excluding carboxylic acids is 3. The van der Waals surface area contributed by atoms with Crippen LogP contribution >= 0.6 is 0 Å². The van der Waals surface area contributed by atoms with Gasteiger partial charge in [0.2, 0.25) is 17.7 Å². The maximum atomic E-state index is 14.1. The summed E-state index contributed by atoms with van der Waals surface area (Å²) in [6.07, 6.45) is 4.22. The first-order valence-corrected chi connectivity index (χ1v) is 13.0. The van der Waals surface area contributed by atoms with E-state index in [0.717, 1.165) is 11.3 Å². The van der Waals surface area contributed by atoms with Gasteiger partial charge in [0.25, 0.3) is 0 Å². The molecule has 2 bridgehead atoms. The number of hydrogen-bond donors (Lipinski definition) is 2. The third-order valence-corrected chi connectivity index (χ3v) is 7.67. The number of para-hydroxylation sites is 1. The molecule has 2 saturated heterocycles. The van der Waals surface area contributed by atoms with Crippen LogP contribution in [0, 0.1) is 11.8 Å². The summed E-state index contributed by atoms with van der Waals surface area (Å²) in [5, 5.41) is 6.00. The Balaban J connectivity index is 1.48. The zero-order chi connectivity index (χ0) is 27.3. The van der Waals surface area contributed by atoms with Crippen molar-refractivity contribution in [1.29, 1.82) is 0 Å². The van der Waals surface area contributed by atoms with Crippen molar-refractivity contribution in [3.63, 3.8) is 0 Å². The van der Waals surface area contributed by atoms with Gasteiger partial charge in [0, 0.05) is 17.8 Å². The quantitative estimate of drug-likeness (QED) is 0.550. The van der Waals surface area contributed by atoms with Gasteiger partial charge in [-0.15, -0.1) is 0 Å². The summed E-state index contributed by atoms with van der Waals surface area (Å²) in [4.78, 5) is 43.1. The average molecular weight is 518 g/mol. The van der Waals surface area contributed by atoms with Gasteiger partial charge < -0.3 is 25.0 Å². The third kappa shape index (κ3) is 4.36. The van der Waals surface area contributed by atoms with E-state index in [1.54, 1.807) is 24.1 Å². The van der Waals surface area contributed by atoms with E-state index in [0.29, 0.717) is 18.7 Å². The first-order chi connectivity index (χ1) is 18.0. The van der Waals surface area contributed by atoms with Gasteiger partial charge in [-0.2, -0.15) is 0 Å². The van der Waals surface area contributed by atoms with Crippen LogP contribution in [-0.4, -0.2) is 59.1 Å². The molecule has 8 heteroatoms. The zero-order valence-corrected chi connectivity index (χ0v) is 22.5.